The molecule has 116 valence electrons. The second-order valence-corrected chi connectivity index (χ2v) is 5.08. The van der Waals surface area contributed by atoms with Gasteiger partial charge in [0, 0.05) is 29.3 Å². The summed E-state index contributed by atoms with van der Waals surface area (Å²) >= 11 is 0. The van der Waals surface area contributed by atoms with Crippen molar-refractivity contribution in [3.63, 3.8) is 0 Å². The van der Waals surface area contributed by atoms with Crippen LogP contribution in [0, 0.1) is 0 Å². The van der Waals surface area contributed by atoms with Gasteiger partial charge in [-0.15, -0.1) is 0 Å². The summed E-state index contributed by atoms with van der Waals surface area (Å²) in [5, 5.41) is 0. The summed E-state index contributed by atoms with van der Waals surface area (Å²) in [5.74, 6) is 1.52. The molecule has 1 heterocycles. The van der Waals surface area contributed by atoms with Gasteiger partial charge in [-0.3, -0.25) is 0 Å². The summed E-state index contributed by atoms with van der Waals surface area (Å²) in [4.78, 5) is 13.6. The van der Waals surface area contributed by atoms with Gasteiger partial charge in [-0.05, 0) is 19.4 Å². The zero-order valence-electron chi connectivity index (χ0n) is 12.9. The number of hydrogen-bond acceptors (Lipinski definition) is 5. The lowest BCUT2D eigenvalue weighted by Crippen LogP contribution is -2.42. The first-order valence-electron chi connectivity index (χ1n) is 6.87. The van der Waals surface area contributed by atoms with Crippen LogP contribution in [-0.2, 0) is 24.2 Å². The van der Waals surface area contributed by atoms with E-state index in [1.165, 1.54) is 7.11 Å². The molecule has 2 rings (SSSR count). The molecular weight excluding hydrogens is 272 g/mol. The van der Waals surface area contributed by atoms with E-state index in [0.29, 0.717) is 19.5 Å². The molecule has 0 radical (unpaired) electrons. The predicted octanol–water partition coefficient (Wildman–Crippen LogP) is 1.68. The van der Waals surface area contributed by atoms with Crippen molar-refractivity contribution in [3.8, 4) is 11.5 Å². The predicted molar refractivity (Wildman–Crippen MR) is 78.6 cm³/mol. The van der Waals surface area contributed by atoms with E-state index < -0.39 is 0 Å². The van der Waals surface area contributed by atoms with Crippen molar-refractivity contribution in [1.29, 1.82) is 0 Å². The number of ether oxygens (including phenoxy) is 3. The van der Waals surface area contributed by atoms with Crippen LogP contribution in [0.4, 0.5) is 4.79 Å². The second-order valence-electron chi connectivity index (χ2n) is 5.08. The zero-order chi connectivity index (χ0) is 15.6. The van der Waals surface area contributed by atoms with E-state index in [9.17, 15) is 4.79 Å². The Morgan fingerprint density at radius 3 is 2.57 bits per heavy atom. The molecule has 6 heteroatoms. The summed E-state index contributed by atoms with van der Waals surface area (Å²) in [7, 11) is 4.64. The molecule has 0 aromatic heterocycles. The Kier molecular flexibility index (Phi) is 4.57. The Labute approximate surface area is 124 Å². The molecule has 0 saturated carbocycles. The van der Waals surface area contributed by atoms with Crippen LogP contribution in [0.2, 0.25) is 0 Å². The van der Waals surface area contributed by atoms with Gasteiger partial charge in [0.15, 0.2) is 0 Å². The van der Waals surface area contributed by atoms with Crippen molar-refractivity contribution >= 4 is 6.09 Å². The van der Waals surface area contributed by atoms with Gasteiger partial charge >= 0.3 is 6.09 Å². The SMILES string of the molecule is COC(=O)N1Cc2c(OC)cc(CN)c(OC)c2CC1C. The third kappa shape index (κ3) is 2.63. The lowest BCUT2D eigenvalue weighted by atomic mass is 9.91. The van der Waals surface area contributed by atoms with Crippen LogP contribution in [0.3, 0.4) is 0 Å². The number of nitrogens with zero attached hydrogens (tertiary/aromatic N) is 1. The minimum absolute atomic E-state index is 0.0246. The van der Waals surface area contributed by atoms with E-state index in [-0.39, 0.29) is 12.1 Å². The third-order valence-corrected chi connectivity index (χ3v) is 3.95. The van der Waals surface area contributed by atoms with Crippen LogP contribution in [0.5, 0.6) is 11.5 Å². The first kappa shape index (κ1) is 15.4. The Hall–Kier alpha value is -1.95. The molecule has 1 aromatic rings. The maximum absolute atomic E-state index is 11.9. The van der Waals surface area contributed by atoms with Crippen molar-refractivity contribution in [2.45, 2.75) is 32.5 Å². The van der Waals surface area contributed by atoms with Crippen molar-refractivity contribution in [2.24, 2.45) is 5.73 Å². The molecule has 21 heavy (non-hydrogen) atoms. The highest BCUT2D eigenvalue weighted by Crippen LogP contribution is 2.39. The van der Waals surface area contributed by atoms with Gasteiger partial charge in [-0.2, -0.15) is 0 Å². The molecule has 1 aliphatic rings. The Balaban J connectivity index is 2.54. The minimum atomic E-state index is -0.336. The molecule has 6 nitrogen and oxygen atoms in total. The zero-order valence-corrected chi connectivity index (χ0v) is 12.9. The molecule has 1 aliphatic heterocycles. The van der Waals surface area contributed by atoms with E-state index in [2.05, 4.69) is 0 Å². The van der Waals surface area contributed by atoms with E-state index >= 15 is 0 Å². The van der Waals surface area contributed by atoms with Crippen molar-refractivity contribution in [2.75, 3.05) is 21.3 Å². The molecule has 0 bridgehead atoms. The van der Waals surface area contributed by atoms with Gasteiger partial charge in [0.25, 0.3) is 0 Å². The largest absolute Gasteiger partial charge is 0.496 e. The molecule has 0 saturated heterocycles. The maximum Gasteiger partial charge on any atom is 0.410 e. The number of carbonyl (C=O) groups is 1. The number of fused-ring (bicyclic) bond motifs is 1. The Bertz CT molecular complexity index is 545. The highest BCUT2D eigenvalue weighted by atomic mass is 16.5. The Morgan fingerprint density at radius 1 is 1.33 bits per heavy atom. The van der Waals surface area contributed by atoms with E-state index in [1.807, 2.05) is 13.0 Å². The topological polar surface area (TPSA) is 74.0 Å². The summed E-state index contributed by atoms with van der Waals surface area (Å²) in [6.07, 6.45) is 0.342. The van der Waals surface area contributed by atoms with E-state index in [4.69, 9.17) is 19.9 Å². The van der Waals surface area contributed by atoms with E-state index in [1.54, 1.807) is 19.1 Å². The second kappa shape index (κ2) is 6.22. The smallest absolute Gasteiger partial charge is 0.410 e. The normalized spacial score (nSPS) is 17.2. The number of hydrogen-bond donors (Lipinski definition) is 1. The average molecular weight is 294 g/mol. The molecule has 1 unspecified atom stereocenters. The molecular formula is C15H22N2O4. The highest BCUT2D eigenvalue weighted by molar-refractivity contribution is 5.69. The van der Waals surface area contributed by atoms with Crippen LogP contribution in [0.1, 0.15) is 23.6 Å². The van der Waals surface area contributed by atoms with Crippen LogP contribution in [-0.4, -0.2) is 38.4 Å². The lowest BCUT2D eigenvalue weighted by Gasteiger charge is -2.35. The van der Waals surface area contributed by atoms with Gasteiger partial charge < -0.3 is 24.8 Å². The number of amides is 1. The average Bonchev–Trinajstić information content (AvgIpc) is 2.51. The molecule has 0 fully saturated rings. The number of rotatable bonds is 3. The monoisotopic (exact) mass is 294 g/mol. The van der Waals surface area contributed by atoms with Gasteiger partial charge in [-0.1, -0.05) is 0 Å². The van der Waals surface area contributed by atoms with Gasteiger partial charge in [0.2, 0.25) is 0 Å². The first-order chi connectivity index (χ1) is 10.1. The molecule has 0 aliphatic carbocycles. The van der Waals surface area contributed by atoms with Gasteiger partial charge in [0.1, 0.15) is 11.5 Å². The maximum atomic E-state index is 11.9. The summed E-state index contributed by atoms with van der Waals surface area (Å²) in [6, 6.07) is 1.90. The van der Waals surface area contributed by atoms with Gasteiger partial charge in [0.05, 0.1) is 27.9 Å². The highest BCUT2D eigenvalue weighted by Gasteiger charge is 2.32. The lowest BCUT2D eigenvalue weighted by molar-refractivity contribution is 0.0993. The molecule has 1 atom stereocenters. The fraction of sp³-hybridized carbons (Fsp3) is 0.533. The molecule has 1 aromatic carbocycles. The summed E-state index contributed by atoms with van der Waals surface area (Å²) < 4.78 is 15.8. The van der Waals surface area contributed by atoms with Crippen molar-refractivity contribution in [3.05, 3.63) is 22.8 Å². The minimum Gasteiger partial charge on any atom is -0.496 e. The van der Waals surface area contributed by atoms with Crippen molar-refractivity contribution in [1.82, 2.24) is 4.90 Å². The van der Waals surface area contributed by atoms with Crippen LogP contribution in [0.15, 0.2) is 6.07 Å². The summed E-state index contributed by atoms with van der Waals surface area (Å²) in [6.45, 7) is 2.80. The Morgan fingerprint density at radius 2 is 2.05 bits per heavy atom. The van der Waals surface area contributed by atoms with Crippen molar-refractivity contribution < 1.29 is 19.0 Å². The number of nitrogens with two attached hydrogens (primary N) is 1. The van der Waals surface area contributed by atoms with Crippen LogP contribution < -0.4 is 15.2 Å². The van der Waals surface area contributed by atoms with Gasteiger partial charge in [-0.25, -0.2) is 4.79 Å². The number of benzene rings is 1. The molecule has 1 amide bonds. The number of carbonyl (C=O) groups excluding carboxylic acids is 1. The standard InChI is InChI=1S/C15H22N2O4/c1-9-5-11-12(8-17(9)15(18)21-4)13(19-2)6-10(7-16)14(11)20-3/h6,9H,5,7-8,16H2,1-4H3. The summed E-state index contributed by atoms with van der Waals surface area (Å²) in [5.41, 5.74) is 8.72. The fourth-order valence-corrected chi connectivity index (χ4v) is 2.86. The van der Waals surface area contributed by atoms with Crippen LogP contribution in [0.25, 0.3) is 0 Å². The number of methoxy groups -OCH3 is 3. The van der Waals surface area contributed by atoms with E-state index in [0.717, 1.165) is 28.2 Å². The fourth-order valence-electron chi connectivity index (χ4n) is 2.86. The quantitative estimate of drug-likeness (QED) is 0.918. The van der Waals surface area contributed by atoms with Crippen LogP contribution >= 0.6 is 0 Å². The molecule has 0 spiro atoms. The molecule has 2 N–H and O–H groups in total. The first-order valence-corrected chi connectivity index (χ1v) is 6.87. The third-order valence-electron chi connectivity index (χ3n) is 3.95.